The van der Waals surface area contributed by atoms with E-state index in [1.807, 2.05) is 0 Å². The Balaban J connectivity index is 2.30. The molecule has 1 rings (SSSR count). The maximum atomic E-state index is 10.9. The molecule has 5 nitrogen and oxygen atoms in total. The molecule has 5 heteroatoms. The van der Waals surface area contributed by atoms with Crippen molar-refractivity contribution in [2.75, 3.05) is 13.7 Å². The van der Waals surface area contributed by atoms with Crippen LogP contribution in [0.1, 0.15) is 25.7 Å². The highest BCUT2D eigenvalue weighted by atomic mass is 16.5. The number of nitrogens with two attached hydrogens (primary N) is 1. The van der Waals surface area contributed by atoms with Crippen LogP contribution in [0.5, 0.6) is 0 Å². The van der Waals surface area contributed by atoms with Gasteiger partial charge in [0.25, 0.3) is 0 Å². The molecule has 1 fully saturated rings. The van der Waals surface area contributed by atoms with Gasteiger partial charge in [-0.05, 0) is 25.2 Å². The lowest BCUT2D eigenvalue weighted by molar-refractivity contribution is 0.166. The Labute approximate surface area is 89.9 Å². The average molecular weight is 213 g/mol. The van der Waals surface area contributed by atoms with Gasteiger partial charge >= 0.3 is 6.09 Å². The molecular formula is C10H19N3O2. The number of hydrogen-bond donors (Lipinski definition) is 3. The lowest BCUT2D eigenvalue weighted by Crippen LogP contribution is -2.34. The van der Waals surface area contributed by atoms with Gasteiger partial charge in [-0.2, -0.15) is 0 Å². The van der Waals surface area contributed by atoms with Gasteiger partial charge in [-0.25, -0.2) is 4.79 Å². The third-order valence-corrected chi connectivity index (χ3v) is 2.94. The van der Waals surface area contributed by atoms with Crippen LogP contribution in [0.2, 0.25) is 0 Å². The number of hydrogen-bond acceptors (Lipinski definition) is 3. The van der Waals surface area contributed by atoms with Crippen molar-refractivity contribution >= 4 is 11.9 Å². The van der Waals surface area contributed by atoms with Crippen LogP contribution < -0.4 is 11.1 Å². The number of carbonyl (C=O) groups excluding carboxylic acids is 1. The SMILES string of the molecule is COC(=O)NCC1CCCC(C(=N)N)C1. The van der Waals surface area contributed by atoms with Crippen LogP contribution in [-0.4, -0.2) is 25.6 Å². The summed E-state index contributed by atoms with van der Waals surface area (Å²) in [5.41, 5.74) is 5.48. The highest BCUT2D eigenvalue weighted by Gasteiger charge is 2.24. The lowest BCUT2D eigenvalue weighted by atomic mass is 9.81. The van der Waals surface area contributed by atoms with Gasteiger partial charge in [-0.1, -0.05) is 6.42 Å². The molecule has 0 saturated heterocycles. The number of methoxy groups -OCH3 is 1. The zero-order valence-corrected chi connectivity index (χ0v) is 9.08. The number of carbonyl (C=O) groups is 1. The predicted octanol–water partition coefficient (Wildman–Crippen LogP) is 1.08. The Morgan fingerprint density at radius 2 is 2.33 bits per heavy atom. The zero-order valence-electron chi connectivity index (χ0n) is 9.08. The highest BCUT2D eigenvalue weighted by molar-refractivity contribution is 5.79. The van der Waals surface area contributed by atoms with E-state index in [1.54, 1.807) is 0 Å². The molecule has 0 radical (unpaired) electrons. The summed E-state index contributed by atoms with van der Waals surface area (Å²) < 4.78 is 4.50. The maximum absolute atomic E-state index is 10.9. The average Bonchev–Trinajstić information content (AvgIpc) is 2.26. The topological polar surface area (TPSA) is 88.2 Å². The number of amidine groups is 1. The van der Waals surface area contributed by atoms with Crippen molar-refractivity contribution in [1.82, 2.24) is 5.32 Å². The summed E-state index contributed by atoms with van der Waals surface area (Å²) in [5.74, 6) is 0.896. The van der Waals surface area contributed by atoms with Crippen LogP contribution >= 0.6 is 0 Å². The van der Waals surface area contributed by atoms with Crippen LogP contribution in [0.3, 0.4) is 0 Å². The van der Waals surface area contributed by atoms with Gasteiger partial charge in [-0.15, -0.1) is 0 Å². The molecule has 0 aliphatic heterocycles. The maximum Gasteiger partial charge on any atom is 0.406 e. The zero-order chi connectivity index (χ0) is 11.3. The first kappa shape index (κ1) is 11.8. The summed E-state index contributed by atoms with van der Waals surface area (Å²) in [4.78, 5) is 10.9. The molecule has 0 aromatic heterocycles. The molecule has 1 amide bonds. The van der Waals surface area contributed by atoms with Gasteiger partial charge in [0.2, 0.25) is 0 Å². The van der Waals surface area contributed by atoms with Crippen molar-refractivity contribution < 1.29 is 9.53 Å². The summed E-state index contributed by atoms with van der Waals surface area (Å²) in [6.45, 7) is 0.621. The molecule has 1 aliphatic rings. The third kappa shape index (κ3) is 3.77. The molecule has 0 heterocycles. The van der Waals surface area contributed by atoms with Crippen molar-refractivity contribution in [3.63, 3.8) is 0 Å². The first-order valence-electron chi connectivity index (χ1n) is 5.29. The van der Waals surface area contributed by atoms with Crippen molar-refractivity contribution in [1.29, 1.82) is 5.41 Å². The van der Waals surface area contributed by atoms with E-state index in [9.17, 15) is 4.79 Å². The number of alkyl carbamates (subject to hydrolysis) is 1. The number of ether oxygens (including phenoxy) is 1. The Morgan fingerprint density at radius 3 is 2.93 bits per heavy atom. The van der Waals surface area contributed by atoms with E-state index in [0.717, 1.165) is 25.7 Å². The second kappa shape index (κ2) is 5.58. The first-order chi connectivity index (χ1) is 7.13. The third-order valence-electron chi connectivity index (χ3n) is 2.94. The van der Waals surface area contributed by atoms with E-state index in [0.29, 0.717) is 12.5 Å². The molecule has 4 N–H and O–H groups in total. The molecule has 1 aliphatic carbocycles. The minimum atomic E-state index is -0.389. The lowest BCUT2D eigenvalue weighted by Gasteiger charge is -2.28. The second-order valence-corrected chi connectivity index (χ2v) is 4.06. The van der Waals surface area contributed by atoms with Gasteiger partial charge in [0, 0.05) is 12.5 Å². The van der Waals surface area contributed by atoms with Gasteiger partial charge in [0.05, 0.1) is 12.9 Å². The largest absolute Gasteiger partial charge is 0.453 e. The summed E-state index contributed by atoms with van der Waals surface area (Å²) in [6.07, 6.45) is 3.69. The van der Waals surface area contributed by atoms with Crippen LogP contribution in [0.4, 0.5) is 4.79 Å². The van der Waals surface area contributed by atoms with Gasteiger partial charge in [0.1, 0.15) is 0 Å². The standard InChI is InChI=1S/C10H19N3O2/c1-15-10(14)13-6-7-3-2-4-8(5-7)9(11)12/h7-8H,2-6H2,1H3,(H3,11,12)(H,13,14). The molecular weight excluding hydrogens is 194 g/mol. The molecule has 15 heavy (non-hydrogen) atoms. The van der Waals surface area contributed by atoms with Crippen LogP contribution in [0.15, 0.2) is 0 Å². The van der Waals surface area contributed by atoms with Gasteiger partial charge < -0.3 is 15.8 Å². The Hall–Kier alpha value is -1.26. The molecule has 86 valence electrons. The smallest absolute Gasteiger partial charge is 0.406 e. The second-order valence-electron chi connectivity index (χ2n) is 4.06. The minimum absolute atomic E-state index is 0.197. The summed E-state index contributed by atoms with van der Waals surface area (Å²) >= 11 is 0. The van der Waals surface area contributed by atoms with Crippen LogP contribution in [-0.2, 0) is 4.74 Å². The molecule has 2 atom stereocenters. The van der Waals surface area contributed by atoms with Crippen molar-refractivity contribution in [3.8, 4) is 0 Å². The number of rotatable bonds is 3. The highest BCUT2D eigenvalue weighted by Crippen LogP contribution is 2.28. The molecule has 0 spiro atoms. The Bertz CT molecular complexity index is 243. The minimum Gasteiger partial charge on any atom is -0.453 e. The van der Waals surface area contributed by atoms with E-state index in [-0.39, 0.29) is 17.8 Å². The van der Waals surface area contributed by atoms with Gasteiger partial charge in [0.15, 0.2) is 0 Å². The van der Waals surface area contributed by atoms with Crippen LogP contribution in [0, 0.1) is 17.2 Å². The summed E-state index contributed by atoms with van der Waals surface area (Å²) in [6, 6.07) is 0. The fourth-order valence-electron chi connectivity index (χ4n) is 2.06. The van der Waals surface area contributed by atoms with E-state index in [4.69, 9.17) is 11.1 Å². The molecule has 0 bridgehead atoms. The Morgan fingerprint density at radius 1 is 1.60 bits per heavy atom. The van der Waals surface area contributed by atoms with Crippen molar-refractivity contribution in [2.45, 2.75) is 25.7 Å². The normalized spacial score (nSPS) is 25.7. The number of amides is 1. The quantitative estimate of drug-likeness (QED) is 0.484. The monoisotopic (exact) mass is 213 g/mol. The molecule has 0 aromatic carbocycles. The van der Waals surface area contributed by atoms with E-state index >= 15 is 0 Å². The Kier molecular flexibility index (Phi) is 4.39. The fourth-order valence-corrected chi connectivity index (χ4v) is 2.06. The van der Waals surface area contributed by atoms with Gasteiger partial charge in [-0.3, -0.25) is 5.41 Å². The van der Waals surface area contributed by atoms with E-state index < -0.39 is 0 Å². The first-order valence-corrected chi connectivity index (χ1v) is 5.29. The van der Waals surface area contributed by atoms with Crippen LogP contribution in [0.25, 0.3) is 0 Å². The van der Waals surface area contributed by atoms with E-state index in [2.05, 4.69) is 10.1 Å². The molecule has 1 saturated carbocycles. The predicted molar refractivity (Wildman–Crippen MR) is 57.8 cm³/mol. The summed E-state index contributed by atoms with van der Waals surface area (Å²) in [7, 11) is 1.36. The fraction of sp³-hybridized carbons (Fsp3) is 0.800. The number of nitrogens with one attached hydrogen (secondary N) is 2. The molecule has 2 unspecified atom stereocenters. The van der Waals surface area contributed by atoms with Crippen molar-refractivity contribution in [3.05, 3.63) is 0 Å². The molecule has 0 aromatic rings. The van der Waals surface area contributed by atoms with Crippen molar-refractivity contribution in [2.24, 2.45) is 17.6 Å². The van der Waals surface area contributed by atoms with E-state index in [1.165, 1.54) is 7.11 Å². The summed E-state index contributed by atoms with van der Waals surface area (Å²) in [5, 5.41) is 10.1.